The van der Waals surface area contributed by atoms with Gasteiger partial charge in [0, 0.05) is 6.61 Å². The van der Waals surface area contributed by atoms with Gasteiger partial charge in [-0.15, -0.1) is 0 Å². The van der Waals surface area contributed by atoms with Gasteiger partial charge in [0.15, 0.2) is 0 Å². The molecule has 0 spiro atoms. The average molecular weight is 568 g/mol. The summed E-state index contributed by atoms with van der Waals surface area (Å²) < 4.78 is 11.3. The Morgan fingerprint density at radius 2 is 2.03 bits per heavy atom. The summed E-state index contributed by atoms with van der Waals surface area (Å²) in [5.74, 6) is -1.57. The van der Waals surface area contributed by atoms with Crippen molar-refractivity contribution in [2.75, 3.05) is 13.2 Å². The first-order valence-electron chi connectivity index (χ1n) is 11.6. The third-order valence-electron chi connectivity index (χ3n) is 6.06. The molecule has 2 aliphatic rings. The van der Waals surface area contributed by atoms with Crippen molar-refractivity contribution in [2.45, 2.75) is 71.4 Å². The van der Waals surface area contributed by atoms with Crippen LogP contribution in [0.2, 0.25) is 5.02 Å². The number of rotatable bonds is 7. The molecule has 3 rings (SSSR count). The summed E-state index contributed by atoms with van der Waals surface area (Å²) in [4.78, 5) is 53.0. The maximum atomic E-state index is 13.7. The van der Waals surface area contributed by atoms with Crippen molar-refractivity contribution >= 4 is 56.5 Å². The number of halogens is 1. The summed E-state index contributed by atoms with van der Waals surface area (Å²) in [5.41, 5.74) is -0.275. The molecule has 1 unspecified atom stereocenters. The average Bonchev–Trinajstić information content (AvgIpc) is 3.39. The number of hydrogen-bond donors (Lipinski definition) is 2. The van der Waals surface area contributed by atoms with Gasteiger partial charge in [-0.3, -0.25) is 4.79 Å². The van der Waals surface area contributed by atoms with E-state index in [1.54, 1.807) is 25.1 Å². The number of carbonyl (C=O) groups is 4. The molecule has 11 heteroatoms. The van der Waals surface area contributed by atoms with Gasteiger partial charge in [0.25, 0.3) is 0 Å². The van der Waals surface area contributed by atoms with E-state index < -0.39 is 41.7 Å². The van der Waals surface area contributed by atoms with E-state index in [0.717, 1.165) is 4.35 Å². The van der Waals surface area contributed by atoms with Crippen molar-refractivity contribution < 1.29 is 28.7 Å². The molecule has 0 bridgehead atoms. The number of cyclic esters (lactones) is 1. The van der Waals surface area contributed by atoms with Crippen LogP contribution in [0.1, 0.15) is 57.3 Å². The van der Waals surface area contributed by atoms with Crippen molar-refractivity contribution in [1.29, 1.82) is 0 Å². The van der Waals surface area contributed by atoms with Crippen LogP contribution < -0.4 is 15.0 Å². The molecule has 2 radical (unpaired) electrons. The van der Waals surface area contributed by atoms with Crippen LogP contribution in [0.4, 0.5) is 0 Å². The van der Waals surface area contributed by atoms with Gasteiger partial charge in [-0.05, 0) is 6.92 Å². The van der Waals surface area contributed by atoms with Crippen LogP contribution in [-0.4, -0.2) is 83.0 Å². The number of benzene rings is 1. The summed E-state index contributed by atoms with van der Waals surface area (Å²) in [5, 5.41) is 6.11. The molecule has 2 fully saturated rings. The molecule has 0 saturated carbocycles. The van der Waals surface area contributed by atoms with E-state index in [0.29, 0.717) is 36.6 Å². The quantitative estimate of drug-likeness (QED) is 0.376. The summed E-state index contributed by atoms with van der Waals surface area (Å²) in [6, 6.07) is 2.72. The van der Waals surface area contributed by atoms with Gasteiger partial charge in [0.2, 0.25) is 6.29 Å². The summed E-state index contributed by atoms with van der Waals surface area (Å²) in [7, 11) is 0. The van der Waals surface area contributed by atoms with Gasteiger partial charge >= 0.3 is 173 Å². The van der Waals surface area contributed by atoms with Crippen LogP contribution in [0, 0.1) is 5.41 Å². The molecule has 2 aliphatic heterocycles. The van der Waals surface area contributed by atoms with Gasteiger partial charge in [-0.2, -0.15) is 0 Å². The number of likely N-dealkylation sites (tertiary alicyclic amines) is 1. The number of esters is 1. The predicted molar refractivity (Wildman–Crippen MR) is 130 cm³/mol. The molecule has 1 aromatic rings. The van der Waals surface area contributed by atoms with Crippen LogP contribution in [0.5, 0.6) is 0 Å². The summed E-state index contributed by atoms with van der Waals surface area (Å²) in [6.45, 7) is 8.06. The molecular formula is C24H31AsClN3O6. The predicted octanol–water partition coefficient (Wildman–Crippen LogP) is 1.06. The van der Waals surface area contributed by atoms with Crippen molar-refractivity contribution in [3.05, 3.63) is 28.8 Å². The molecule has 0 aliphatic carbocycles. The molecule has 190 valence electrons. The first-order chi connectivity index (χ1) is 16.4. The van der Waals surface area contributed by atoms with Crippen LogP contribution in [0.25, 0.3) is 0 Å². The first kappa shape index (κ1) is 27.5. The van der Waals surface area contributed by atoms with E-state index in [4.69, 9.17) is 21.1 Å². The maximum absolute atomic E-state index is 13.7. The number of amides is 3. The molecule has 1 aromatic carbocycles. The Balaban J connectivity index is 1.74. The second-order valence-electron chi connectivity index (χ2n) is 9.76. The van der Waals surface area contributed by atoms with E-state index in [1.165, 1.54) is 4.90 Å². The first-order valence-corrected chi connectivity index (χ1v) is 12.9. The van der Waals surface area contributed by atoms with E-state index in [2.05, 4.69) is 27.5 Å². The Morgan fingerprint density at radius 3 is 2.66 bits per heavy atom. The fourth-order valence-corrected chi connectivity index (χ4v) is 4.70. The summed E-state index contributed by atoms with van der Waals surface area (Å²) in [6.07, 6.45) is 0.295. The van der Waals surface area contributed by atoms with E-state index >= 15 is 0 Å². The Morgan fingerprint density at radius 1 is 1.31 bits per heavy atom. The van der Waals surface area contributed by atoms with Crippen molar-refractivity contribution in [2.24, 2.45) is 5.41 Å². The molecule has 3 amide bonds. The fourth-order valence-electron chi connectivity index (χ4n) is 4.23. The van der Waals surface area contributed by atoms with Gasteiger partial charge < -0.3 is 9.47 Å². The zero-order valence-corrected chi connectivity index (χ0v) is 22.9. The molecule has 2 saturated heterocycles. The molecule has 9 nitrogen and oxygen atoms in total. The second-order valence-corrected chi connectivity index (χ2v) is 11.2. The molecular weight excluding hydrogens is 537 g/mol. The fraction of sp³-hybridized carbons (Fsp3) is 0.583. The Labute approximate surface area is 219 Å². The van der Waals surface area contributed by atoms with Gasteiger partial charge in [0.05, 0.1) is 6.42 Å². The van der Waals surface area contributed by atoms with Crippen LogP contribution in [0.15, 0.2) is 18.2 Å². The normalized spacial score (nSPS) is 23.1. The standard InChI is InChI=1S/C24H31AsClN3O6/c1-5-34-23-16(12-18(30)35-23)27-21(32)17-7-6-10-29(17)22(33)19(24(2,3)4)28-20(31)13-8-9-14(25)15(26)11-13/h8-9,11,16-17,19,23H,5-7,10,12H2,1-4H3,(H,27,32)(H,28,31)/t16-,17-,19?,23+/m0/s1. The minimum absolute atomic E-state index is 0.00966. The minimum atomic E-state index is -0.869. The van der Waals surface area contributed by atoms with Crippen LogP contribution in [0.3, 0.4) is 0 Å². The molecule has 0 aromatic heterocycles. The number of nitrogens with zero attached hydrogens (tertiary/aromatic N) is 1. The molecule has 2 N–H and O–H groups in total. The topological polar surface area (TPSA) is 114 Å². The van der Waals surface area contributed by atoms with E-state index in [-0.39, 0.29) is 18.2 Å². The van der Waals surface area contributed by atoms with Crippen molar-refractivity contribution in [3.8, 4) is 0 Å². The van der Waals surface area contributed by atoms with Crippen molar-refractivity contribution in [3.63, 3.8) is 0 Å². The number of ether oxygens (including phenoxy) is 2. The zero-order valence-electron chi connectivity index (χ0n) is 20.3. The monoisotopic (exact) mass is 567 g/mol. The SMILES string of the molecule is CCO[C@@H]1OC(=O)C[C@@H]1NC(=O)[C@@H]1CCCN1C(=O)C(NC(=O)c1ccc([As])c(Cl)c1)C(C)(C)C. The number of hydrogen-bond acceptors (Lipinski definition) is 6. The Kier molecular flexibility index (Phi) is 8.89. The Hall–Kier alpha value is -2.09. The van der Waals surface area contributed by atoms with Crippen LogP contribution >= 0.6 is 11.6 Å². The molecule has 2 heterocycles. The van der Waals surface area contributed by atoms with Gasteiger partial charge in [0.1, 0.15) is 6.04 Å². The van der Waals surface area contributed by atoms with Crippen molar-refractivity contribution in [1.82, 2.24) is 15.5 Å². The third-order valence-corrected chi connectivity index (χ3v) is 7.48. The number of nitrogens with one attached hydrogen (secondary N) is 2. The van der Waals surface area contributed by atoms with E-state index in [1.807, 2.05) is 20.8 Å². The van der Waals surface area contributed by atoms with E-state index in [9.17, 15) is 19.2 Å². The molecule has 4 atom stereocenters. The zero-order chi connectivity index (χ0) is 25.9. The Bertz CT molecular complexity index is 998. The summed E-state index contributed by atoms with van der Waals surface area (Å²) >= 11 is 8.49. The van der Waals surface area contributed by atoms with Crippen LogP contribution in [-0.2, 0) is 23.9 Å². The van der Waals surface area contributed by atoms with Gasteiger partial charge in [-0.25, -0.2) is 0 Å². The number of carbonyl (C=O) groups excluding carboxylic acids is 4. The second kappa shape index (κ2) is 11.3. The van der Waals surface area contributed by atoms with Gasteiger partial charge in [-0.1, -0.05) is 0 Å². The third kappa shape index (κ3) is 6.57. The molecule has 35 heavy (non-hydrogen) atoms.